The van der Waals surface area contributed by atoms with Gasteiger partial charge in [0.25, 0.3) is 0 Å². The fourth-order valence-electron chi connectivity index (χ4n) is 3.93. The summed E-state index contributed by atoms with van der Waals surface area (Å²) in [5.41, 5.74) is 3.64. The third kappa shape index (κ3) is 5.58. The summed E-state index contributed by atoms with van der Waals surface area (Å²) in [6, 6.07) is 10.5. The number of pyridine rings is 1. The molecule has 8 heteroatoms. The van der Waals surface area contributed by atoms with Crippen LogP contribution in [0.4, 0.5) is 15.0 Å². The van der Waals surface area contributed by atoms with E-state index in [0.717, 1.165) is 54.2 Å². The Bertz CT molecular complexity index is 972. The van der Waals surface area contributed by atoms with Crippen molar-refractivity contribution in [2.24, 2.45) is 5.92 Å². The zero-order chi connectivity index (χ0) is 21.6. The molecular weight excluding hydrogens is 415 g/mol. The van der Waals surface area contributed by atoms with Crippen molar-refractivity contribution in [1.82, 2.24) is 14.9 Å². The van der Waals surface area contributed by atoms with Crippen molar-refractivity contribution in [2.45, 2.75) is 25.8 Å². The lowest BCUT2D eigenvalue weighted by molar-refractivity contribution is 0.138. The van der Waals surface area contributed by atoms with E-state index in [1.54, 1.807) is 23.8 Å². The third-order valence-corrected chi connectivity index (χ3v) is 6.54. The van der Waals surface area contributed by atoms with Crippen LogP contribution < -0.4 is 4.90 Å². The Morgan fingerprint density at radius 3 is 2.48 bits per heavy atom. The molecule has 6 nitrogen and oxygen atoms in total. The number of carboxylic acid groups (broad SMARTS) is 1. The van der Waals surface area contributed by atoms with Crippen LogP contribution in [-0.2, 0) is 6.54 Å². The molecular formula is C23H25FN4O2S. The lowest BCUT2D eigenvalue weighted by Crippen LogP contribution is -2.36. The number of piperidine rings is 1. The van der Waals surface area contributed by atoms with Crippen LogP contribution in [0.2, 0.25) is 0 Å². The standard InChI is InChI=1S/C23H25FN4O2S/c24-20-4-1-18(2-5-20)19-3-6-22(26-13-19)27-10-7-17(8-11-27)9-12-28(23(29)30)15-21-14-25-16-31-21/h1-6,13-14,16-17H,7-12,15H2,(H,29,30). The van der Waals surface area contributed by atoms with Gasteiger partial charge < -0.3 is 14.9 Å². The maximum Gasteiger partial charge on any atom is 0.407 e. The van der Waals surface area contributed by atoms with Crippen LogP contribution in [0.3, 0.4) is 0 Å². The number of halogens is 1. The lowest BCUT2D eigenvalue weighted by Gasteiger charge is -2.33. The van der Waals surface area contributed by atoms with Crippen molar-refractivity contribution in [1.29, 1.82) is 0 Å². The first-order valence-corrected chi connectivity index (χ1v) is 11.3. The summed E-state index contributed by atoms with van der Waals surface area (Å²) in [5, 5.41) is 9.49. The molecule has 1 aromatic carbocycles. The zero-order valence-electron chi connectivity index (χ0n) is 17.2. The fourth-order valence-corrected chi connectivity index (χ4v) is 4.54. The quantitative estimate of drug-likeness (QED) is 0.551. The maximum atomic E-state index is 13.1. The number of aromatic nitrogens is 2. The maximum absolute atomic E-state index is 13.1. The summed E-state index contributed by atoms with van der Waals surface area (Å²) in [5.74, 6) is 1.21. The number of hydrogen-bond acceptors (Lipinski definition) is 5. The van der Waals surface area contributed by atoms with Gasteiger partial charge in [-0.1, -0.05) is 12.1 Å². The van der Waals surface area contributed by atoms with E-state index in [1.807, 2.05) is 18.3 Å². The number of rotatable bonds is 7. The highest BCUT2D eigenvalue weighted by Gasteiger charge is 2.22. The van der Waals surface area contributed by atoms with Gasteiger partial charge in [-0.15, -0.1) is 11.3 Å². The molecule has 1 amide bonds. The molecule has 1 fully saturated rings. The van der Waals surface area contributed by atoms with Crippen LogP contribution in [-0.4, -0.2) is 45.7 Å². The van der Waals surface area contributed by atoms with Crippen molar-refractivity contribution in [3.05, 3.63) is 65.0 Å². The molecule has 2 aromatic heterocycles. The molecule has 4 rings (SSSR count). The predicted molar refractivity (Wildman–Crippen MR) is 120 cm³/mol. The molecule has 162 valence electrons. The second-order valence-electron chi connectivity index (χ2n) is 7.80. The molecule has 1 aliphatic heterocycles. The lowest BCUT2D eigenvalue weighted by atomic mass is 9.93. The van der Waals surface area contributed by atoms with E-state index >= 15 is 0 Å². The molecule has 0 unspecified atom stereocenters. The van der Waals surface area contributed by atoms with Gasteiger partial charge in [0, 0.05) is 42.5 Å². The topological polar surface area (TPSA) is 69.6 Å². The molecule has 1 saturated heterocycles. The summed E-state index contributed by atoms with van der Waals surface area (Å²) in [4.78, 5) is 24.9. The molecule has 1 N–H and O–H groups in total. The van der Waals surface area contributed by atoms with Crippen molar-refractivity contribution < 1.29 is 14.3 Å². The average Bonchev–Trinajstić information content (AvgIpc) is 3.31. The van der Waals surface area contributed by atoms with Crippen LogP contribution >= 0.6 is 11.3 Å². The Morgan fingerprint density at radius 2 is 1.87 bits per heavy atom. The van der Waals surface area contributed by atoms with Crippen molar-refractivity contribution in [3.8, 4) is 11.1 Å². The minimum Gasteiger partial charge on any atom is -0.465 e. The fraction of sp³-hybridized carbons (Fsp3) is 0.348. The van der Waals surface area contributed by atoms with E-state index in [0.29, 0.717) is 19.0 Å². The molecule has 3 aromatic rings. The van der Waals surface area contributed by atoms with Gasteiger partial charge in [-0.2, -0.15) is 0 Å². The van der Waals surface area contributed by atoms with E-state index in [4.69, 9.17) is 0 Å². The summed E-state index contributed by atoms with van der Waals surface area (Å²) in [6.07, 6.45) is 5.60. The van der Waals surface area contributed by atoms with Gasteiger partial charge >= 0.3 is 6.09 Å². The molecule has 0 radical (unpaired) electrons. The summed E-state index contributed by atoms with van der Waals surface area (Å²) in [6.45, 7) is 2.77. The Morgan fingerprint density at radius 1 is 1.13 bits per heavy atom. The number of anilines is 1. The van der Waals surface area contributed by atoms with E-state index in [1.165, 1.54) is 28.4 Å². The third-order valence-electron chi connectivity index (χ3n) is 5.77. The van der Waals surface area contributed by atoms with Crippen LogP contribution in [0.1, 0.15) is 24.1 Å². The number of carbonyl (C=O) groups is 1. The Labute approximate surface area is 185 Å². The van der Waals surface area contributed by atoms with E-state index in [2.05, 4.69) is 14.9 Å². The van der Waals surface area contributed by atoms with Gasteiger partial charge in [-0.3, -0.25) is 4.98 Å². The van der Waals surface area contributed by atoms with Crippen LogP contribution in [0.15, 0.2) is 54.3 Å². The van der Waals surface area contributed by atoms with Gasteiger partial charge in [-0.25, -0.2) is 14.2 Å². The Balaban J connectivity index is 1.27. The first-order valence-electron chi connectivity index (χ1n) is 10.4. The normalized spacial score (nSPS) is 14.5. The summed E-state index contributed by atoms with van der Waals surface area (Å²) in [7, 11) is 0. The SMILES string of the molecule is O=C(O)N(CCC1CCN(c2ccc(-c3ccc(F)cc3)cn2)CC1)Cc1cncs1. The molecule has 0 aliphatic carbocycles. The number of benzene rings is 1. The Kier molecular flexibility index (Phi) is 6.76. The molecule has 3 heterocycles. The van der Waals surface area contributed by atoms with Crippen molar-refractivity contribution in [3.63, 3.8) is 0 Å². The van der Waals surface area contributed by atoms with E-state index in [9.17, 15) is 14.3 Å². The molecule has 31 heavy (non-hydrogen) atoms. The number of amides is 1. The highest BCUT2D eigenvalue weighted by atomic mass is 32.1. The van der Waals surface area contributed by atoms with Gasteiger partial charge in [0.15, 0.2) is 0 Å². The molecule has 1 aliphatic rings. The Hall–Kier alpha value is -3.00. The first-order chi connectivity index (χ1) is 15.1. The van der Waals surface area contributed by atoms with Gasteiger partial charge in [-0.05, 0) is 55.0 Å². The molecule has 0 atom stereocenters. The predicted octanol–water partition coefficient (Wildman–Crippen LogP) is 5.13. The molecule has 0 spiro atoms. The molecule has 0 bridgehead atoms. The minimum atomic E-state index is -0.878. The van der Waals surface area contributed by atoms with Gasteiger partial charge in [0.1, 0.15) is 11.6 Å². The van der Waals surface area contributed by atoms with Crippen molar-refractivity contribution in [2.75, 3.05) is 24.5 Å². The largest absolute Gasteiger partial charge is 0.465 e. The second-order valence-corrected chi connectivity index (χ2v) is 8.77. The number of nitrogens with zero attached hydrogens (tertiary/aromatic N) is 4. The van der Waals surface area contributed by atoms with Gasteiger partial charge in [0.05, 0.1) is 12.1 Å². The summed E-state index contributed by atoms with van der Waals surface area (Å²) < 4.78 is 13.1. The first kappa shape index (κ1) is 21.2. The zero-order valence-corrected chi connectivity index (χ0v) is 18.0. The summed E-state index contributed by atoms with van der Waals surface area (Å²) >= 11 is 1.48. The van der Waals surface area contributed by atoms with E-state index < -0.39 is 6.09 Å². The van der Waals surface area contributed by atoms with Crippen molar-refractivity contribution >= 4 is 23.2 Å². The number of thiazole rings is 1. The second kappa shape index (κ2) is 9.87. The van der Waals surface area contributed by atoms with Gasteiger partial charge in [0.2, 0.25) is 0 Å². The van der Waals surface area contributed by atoms with E-state index in [-0.39, 0.29) is 5.82 Å². The van der Waals surface area contributed by atoms with Crippen LogP contribution in [0.25, 0.3) is 11.1 Å². The highest BCUT2D eigenvalue weighted by Crippen LogP contribution is 2.26. The number of hydrogen-bond donors (Lipinski definition) is 1. The van der Waals surface area contributed by atoms with Crippen LogP contribution in [0, 0.1) is 11.7 Å². The average molecular weight is 441 g/mol. The smallest absolute Gasteiger partial charge is 0.407 e. The monoisotopic (exact) mass is 440 g/mol. The minimum absolute atomic E-state index is 0.244. The molecule has 0 saturated carbocycles. The van der Waals surface area contributed by atoms with Crippen LogP contribution in [0.5, 0.6) is 0 Å². The highest BCUT2D eigenvalue weighted by molar-refractivity contribution is 7.09.